The zero-order valence-corrected chi connectivity index (χ0v) is 9.56. The molecule has 85 valence electrons. The van der Waals surface area contributed by atoms with E-state index in [0.717, 1.165) is 25.2 Å². The number of hydrogen-bond donors (Lipinski definition) is 0. The third kappa shape index (κ3) is 3.17. The molecule has 2 heteroatoms. The quantitative estimate of drug-likeness (QED) is 0.721. The van der Waals surface area contributed by atoms with Crippen LogP contribution in [0.2, 0.25) is 0 Å². The highest BCUT2D eigenvalue weighted by molar-refractivity contribution is 5.96. The Balaban J connectivity index is 1.79. The number of carbonyl (C=O) groups excluding carboxylic acids is 1. The molecule has 0 N–H and O–H groups in total. The number of rotatable bonds is 4. The number of carbonyl (C=O) groups is 1. The molecule has 2 rings (SSSR count). The van der Waals surface area contributed by atoms with Crippen LogP contribution in [-0.4, -0.2) is 30.3 Å². The number of hydrogen-bond acceptors (Lipinski definition) is 2. The first-order chi connectivity index (χ1) is 7.86. The average molecular weight is 216 g/mol. The van der Waals surface area contributed by atoms with Gasteiger partial charge in [0.25, 0.3) is 0 Å². The molecular formula is C14H18NO. The Morgan fingerprint density at radius 1 is 1.12 bits per heavy atom. The average Bonchev–Trinajstić information content (AvgIpc) is 2.38. The molecule has 0 unspecified atom stereocenters. The topological polar surface area (TPSA) is 20.3 Å². The summed E-state index contributed by atoms with van der Waals surface area (Å²) in [5.74, 6) is 0.259. The van der Waals surface area contributed by atoms with Crippen LogP contribution in [0.5, 0.6) is 0 Å². The van der Waals surface area contributed by atoms with Crippen LogP contribution in [0.25, 0.3) is 0 Å². The number of likely N-dealkylation sites (tertiary alicyclic amines) is 1. The summed E-state index contributed by atoms with van der Waals surface area (Å²) in [6, 6.07) is 9.57. The number of Topliss-reactive ketones (excluding diaryl/α,β-unsaturated/α-hetero) is 1. The van der Waals surface area contributed by atoms with Gasteiger partial charge in [0.05, 0.1) is 0 Å². The van der Waals surface area contributed by atoms with Gasteiger partial charge in [-0.2, -0.15) is 0 Å². The zero-order valence-electron chi connectivity index (χ0n) is 9.56. The van der Waals surface area contributed by atoms with Crippen molar-refractivity contribution < 1.29 is 4.79 Å². The minimum absolute atomic E-state index is 0.259. The van der Waals surface area contributed by atoms with Crippen LogP contribution in [0.4, 0.5) is 0 Å². The van der Waals surface area contributed by atoms with Crippen molar-refractivity contribution in [3.8, 4) is 0 Å². The Morgan fingerprint density at radius 2 is 1.81 bits per heavy atom. The molecule has 0 aromatic heterocycles. The summed E-state index contributed by atoms with van der Waals surface area (Å²) in [6.07, 6.45) is 5.30. The van der Waals surface area contributed by atoms with Crippen LogP contribution in [0, 0.1) is 6.42 Å². The Kier molecular flexibility index (Phi) is 4.11. The van der Waals surface area contributed by atoms with Crippen molar-refractivity contribution in [3.63, 3.8) is 0 Å². The molecule has 1 aromatic rings. The molecule has 2 nitrogen and oxygen atoms in total. The summed E-state index contributed by atoms with van der Waals surface area (Å²) in [6.45, 7) is 3.13. The Morgan fingerprint density at radius 3 is 2.50 bits per heavy atom. The summed E-state index contributed by atoms with van der Waals surface area (Å²) in [5, 5.41) is 0. The van der Waals surface area contributed by atoms with E-state index in [9.17, 15) is 4.79 Å². The lowest BCUT2D eigenvalue weighted by Crippen LogP contribution is -2.31. The van der Waals surface area contributed by atoms with Crippen LogP contribution in [-0.2, 0) is 0 Å². The van der Waals surface area contributed by atoms with Crippen LogP contribution in [0.1, 0.15) is 29.6 Å². The van der Waals surface area contributed by atoms with E-state index in [-0.39, 0.29) is 5.78 Å². The predicted molar refractivity (Wildman–Crippen MR) is 65.4 cm³/mol. The fourth-order valence-electron chi connectivity index (χ4n) is 2.06. The molecule has 1 radical (unpaired) electrons. The third-order valence-corrected chi connectivity index (χ3v) is 3.05. The van der Waals surface area contributed by atoms with Crippen molar-refractivity contribution in [1.29, 1.82) is 0 Å². The van der Waals surface area contributed by atoms with Gasteiger partial charge in [0, 0.05) is 18.5 Å². The highest BCUT2D eigenvalue weighted by Gasteiger charge is 2.12. The van der Waals surface area contributed by atoms with E-state index in [1.807, 2.05) is 30.3 Å². The van der Waals surface area contributed by atoms with E-state index < -0.39 is 0 Å². The molecule has 1 aromatic carbocycles. The Labute approximate surface area is 97.3 Å². The van der Waals surface area contributed by atoms with Crippen molar-refractivity contribution in [3.05, 3.63) is 42.3 Å². The maximum absolute atomic E-state index is 11.9. The van der Waals surface area contributed by atoms with Gasteiger partial charge in [-0.1, -0.05) is 30.3 Å². The minimum atomic E-state index is 0.259. The monoisotopic (exact) mass is 216 g/mol. The number of nitrogens with zero attached hydrogens (tertiary/aromatic N) is 1. The van der Waals surface area contributed by atoms with Crippen LogP contribution in [0.3, 0.4) is 0 Å². The fraction of sp³-hybridized carbons (Fsp3) is 0.429. The molecule has 0 saturated carbocycles. The number of ketones is 1. The highest BCUT2D eigenvalue weighted by Crippen LogP contribution is 2.09. The van der Waals surface area contributed by atoms with Crippen molar-refractivity contribution in [1.82, 2.24) is 4.90 Å². The first-order valence-electron chi connectivity index (χ1n) is 5.98. The highest BCUT2D eigenvalue weighted by atomic mass is 16.1. The van der Waals surface area contributed by atoms with Crippen LogP contribution in [0.15, 0.2) is 30.3 Å². The van der Waals surface area contributed by atoms with Crippen molar-refractivity contribution in [2.24, 2.45) is 0 Å². The molecule has 16 heavy (non-hydrogen) atoms. The van der Waals surface area contributed by atoms with Gasteiger partial charge >= 0.3 is 0 Å². The lowest BCUT2D eigenvalue weighted by Gasteiger charge is -2.25. The SMILES string of the molecule is O=C(CCN1CC[CH]CC1)c1ccccc1. The molecule has 1 fully saturated rings. The van der Waals surface area contributed by atoms with E-state index in [1.54, 1.807) is 0 Å². The smallest absolute Gasteiger partial charge is 0.164 e. The molecule has 1 heterocycles. The standard InChI is InChI=1S/C14H18NO/c16-14(13-7-3-1-4-8-13)9-12-15-10-5-2-6-11-15/h1-4,7-8H,5-6,9-12H2. The van der Waals surface area contributed by atoms with Crippen molar-refractivity contribution in [2.45, 2.75) is 19.3 Å². The maximum atomic E-state index is 11.9. The van der Waals surface area contributed by atoms with E-state index in [1.165, 1.54) is 12.8 Å². The Bertz CT molecular complexity index is 328. The first kappa shape index (κ1) is 11.3. The number of benzene rings is 1. The van der Waals surface area contributed by atoms with E-state index in [2.05, 4.69) is 11.3 Å². The first-order valence-corrected chi connectivity index (χ1v) is 5.98. The summed E-state index contributed by atoms with van der Waals surface area (Å²) < 4.78 is 0. The second-order valence-electron chi connectivity index (χ2n) is 4.25. The summed E-state index contributed by atoms with van der Waals surface area (Å²) in [7, 11) is 0. The summed E-state index contributed by atoms with van der Waals surface area (Å²) in [4.78, 5) is 14.2. The zero-order chi connectivity index (χ0) is 11.2. The second-order valence-corrected chi connectivity index (χ2v) is 4.25. The third-order valence-electron chi connectivity index (χ3n) is 3.05. The van der Waals surface area contributed by atoms with E-state index >= 15 is 0 Å². The van der Waals surface area contributed by atoms with Crippen LogP contribution < -0.4 is 0 Å². The van der Waals surface area contributed by atoms with Gasteiger partial charge in [-0.3, -0.25) is 4.79 Å². The second kappa shape index (κ2) is 5.80. The van der Waals surface area contributed by atoms with Gasteiger partial charge in [0.2, 0.25) is 0 Å². The van der Waals surface area contributed by atoms with Crippen molar-refractivity contribution >= 4 is 5.78 Å². The molecule has 1 aliphatic rings. The van der Waals surface area contributed by atoms with Gasteiger partial charge < -0.3 is 4.90 Å². The van der Waals surface area contributed by atoms with Gasteiger partial charge in [-0.15, -0.1) is 0 Å². The maximum Gasteiger partial charge on any atom is 0.164 e. The van der Waals surface area contributed by atoms with Crippen LogP contribution >= 0.6 is 0 Å². The summed E-state index contributed by atoms with van der Waals surface area (Å²) >= 11 is 0. The van der Waals surface area contributed by atoms with Gasteiger partial charge in [0.1, 0.15) is 0 Å². The minimum Gasteiger partial charge on any atom is -0.303 e. The molecule has 0 spiro atoms. The molecular weight excluding hydrogens is 198 g/mol. The van der Waals surface area contributed by atoms with Gasteiger partial charge in [0.15, 0.2) is 5.78 Å². The largest absolute Gasteiger partial charge is 0.303 e. The lowest BCUT2D eigenvalue weighted by molar-refractivity contribution is 0.0962. The van der Waals surface area contributed by atoms with E-state index in [0.29, 0.717) is 6.42 Å². The normalized spacial score (nSPS) is 17.2. The molecule has 0 bridgehead atoms. The van der Waals surface area contributed by atoms with Gasteiger partial charge in [-0.05, 0) is 32.4 Å². The summed E-state index contributed by atoms with van der Waals surface area (Å²) in [5.41, 5.74) is 0.839. The molecule has 0 atom stereocenters. The lowest BCUT2D eigenvalue weighted by atomic mass is 10.1. The van der Waals surface area contributed by atoms with E-state index in [4.69, 9.17) is 0 Å². The molecule has 1 saturated heterocycles. The molecule has 0 aliphatic carbocycles. The molecule has 1 aliphatic heterocycles. The van der Waals surface area contributed by atoms with Gasteiger partial charge in [-0.25, -0.2) is 0 Å². The predicted octanol–water partition coefficient (Wildman–Crippen LogP) is 2.56. The fourth-order valence-corrected chi connectivity index (χ4v) is 2.06. The van der Waals surface area contributed by atoms with Crippen molar-refractivity contribution in [2.75, 3.05) is 19.6 Å². The number of piperidine rings is 1. The molecule has 0 amide bonds. The Hall–Kier alpha value is -1.15.